The molecule has 1 fully saturated rings. The first-order valence-corrected chi connectivity index (χ1v) is 8.08. The first-order chi connectivity index (χ1) is 11.8. The van der Waals surface area contributed by atoms with Crippen molar-refractivity contribution in [1.29, 1.82) is 0 Å². The van der Waals surface area contributed by atoms with E-state index in [0.29, 0.717) is 10.6 Å². The van der Waals surface area contributed by atoms with Crippen LogP contribution in [-0.2, 0) is 11.3 Å². The van der Waals surface area contributed by atoms with Gasteiger partial charge in [-0.05, 0) is 41.7 Å². The molecule has 1 aliphatic rings. The zero-order valence-corrected chi connectivity index (χ0v) is 13.8. The normalized spacial score (nSPS) is 19.4. The Morgan fingerprint density at radius 3 is 2.48 bits per heavy atom. The molecule has 2 aromatic carbocycles. The minimum absolute atomic E-state index is 0.0828. The summed E-state index contributed by atoms with van der Waals surface area (Å²) in [4.78, 5) is 12.2. The average Bonchev–Trinajstić information content (AvgIpc) is 3.33. The third-order valence-electron chi connectivity index (χ3n) is 4.06. The molecule has 0 bridgehead atoms. The van der Waals surface area contributed by atoms with Crippen molar-refractivity contribution in [2.75, 3.05) is 0 Å². The highest BCUT2D eigenvalue weighted by molar-refractivity contribution is 6.31. The fourth-order valence-electron chi connectivity index (χ4n) is 2.73. The van der Waals surface area contributed by atoms with Crippen LogP contribution >= 0.6 is 11.6 Å². The van der Waals surface area contributed by atoms with E-state index in [-0.39, 0.29) is 30.0 Å². The predicted molar refractivity (Wildman–Crippen MR) is 87.3 cm³/mol. The molecule has 1 aliphatic carbocycles. The molecule has 0 heterocycles. The summed E-state index contributed by atoms with van der Waals surface area (Å²) in [5.74, 6) is -0.368. The van der Waals surface area contributed by atoms with Crippen molar-refractivity contribution in [3.8, 4) is 5.75 Å². The van der Waals surface area contributed by atoms with Crippen molar-refractivity contribution in [3.63, 3.8) is 0 Å². The molecule has 0 aliphatic heterocycles. The number of nitrogens with one attached hydrogen (secondary N) is 1. The number of rotatable bonds is 5. The summed E-state index contributed by atoms with van der Waals surface area (Å²) in [6.45, 7) is 0.247. The molecule has 3 rings (SSSR count). The number of amides is 1. The van der Waals surface area contributed by atoms with Crippen LogP contribution in [0.4, 0.5) is 13.2 Å². The topological polar surface area (TPSA) is 38.3 Å². The summed E-state index contributed by atoms with van der Waals surface area (Å²) in [6.07, 6.45) is -3.97. The van der Waals surface area contributed by atoms with E-state index in [4.69, 9.17) is 11.6 Å². The molecule has 0 aromatic heterocycles. The van der Waals surface area contributed by atoms with E-state index in [1.807, 2.05) is 18.2 Å². The number of ether oxygens (including phenoxy) is 1. The Morgan fingerprint density at radius 1 is 1.16 bits per heavy atom. The molecule has 2 unspecified atom stereocenters. The van der Waals surface area contributed by atoms with Gasteiger partial charge in [-0.15, -0.1) is 13.2 Å². The van der Waals surface area contributed by atoms with Crippen molar-refractivity contribution >= 4 is 17.5 Å². The Hall–Kier alpha value is -2.21. The number of hydrogen-bond acceptors (Lipinski definition) is 2. The molecule has 132 valence electrons. The van der Waals surface area contributed by atoms with Gasteiger partial charge in [-0.1, -0.05) is 41.9 Å². The monoisotopic (exact) mass is 369 g/mol. The predicted octanol–water partition coefficient (Wildman–Crippen LogP) is 4.66. The molecular formula is C18H15ClF3NO2. The van der Waals surface area contributed by atoms with Gasteiger partial charge >= 0.3 is 6.36 Å². The summed E-state index contributed by atoms with van der Waals surface area (Å²) in [5.41, 5.74) is 1.66. The van der Waals surface area contributed by atoms with Gasteiger partial charge in [-0.25, -0.2) is 0 Å². The summed E-state index contributed by atoms with van der Waals surface area (Å²) in [7, 11) is 0. The molecule has 1 N–H and O–H groups in total. The van der Waals surface area contributed by atoms with Crippen molar-refractivity contribution in [3.05, 3.63) is 64.7 Å². The first kappa shape index (κ1) is 17.6. The quantitative estimate of drug-likeness (QED) is 0.832. The molecular weight excluding hydrogens is 355 g/mol. The molecule has 0 radical (unpaired) electrons. The van der Waals surface area contributed by atoms with Crippen molar-refractivity contribution in [1.82, 2.24) is 5.32 Å². The Balaban J connectivity index is 1.51. The van der Waals surface area contributed by atoms with Crippen LogP contribution in [0, 0.1) is 5.92 Å². The second-order valence-electron chi connectivity index (χ2n) is 5.88. The van der Waals surface area contributed by atoms with Crippen LogP contribution in [0.3, 0.4) is 0 Å². The number of benzene rings is 2. The molecule has 7 heteroatoms. The Bertz CT molecular complexity index is 762. The summed E-state index contributed by atoms with van der Waals surface area (Å²) >= 11 is 6.14. The minimum Gasteiger partial charge on any atom is -0.406 e. The minimum atomic E-state index is -4.71. The molecule has 0 spiro atoms. The highest BCUT2D eigenvalue weighted by Crippen LogP contribution is 2.49. The van der Waals surface area contributed by atoms with Gasteiger partial charge in [0.1, 0.15) is 5.75 Å². The largest absolute Gasteiger partial charge is 0.573 e. The van der Waals surface area contributed by atoms with Crippen molar-refractivity contribution < 1.29 is 22.7 Å². The fourth-order valence-corrected chi connectivity index (χ4v) is 3.01. The average molecular weight is 370 g/mol. The smallest absolute Gasteiger partial charge is 0.406 e. The van der Waals surface area contributed by atoms with E-state index in [2.05, 4.69) is 10.1 Å². The molecule has 2 atom stereocenters. The highest BCUT2D eigenvalue weighted by Gasteiger charge is 2.44. The van der Waals surface area contributed by atoms with Crippen LogP contribution in [0.15, 0.2) is 48.5 Å². The molecule has 1 amide bonds. The van der Waals surface area contributed by atoms with Gasteiger partial charge in [0.2, 0.25) is 5.91 Å². The summed E-state index contributed by atoms with van der Waals surface area (Å²) < 4.78 is 40.1. The molecule has 1 saturated carbocycles. The number of hydrogen-bond donors (Lipinski definition) is 1. The lowest BCUT2D eigenvalue weighted by Crippen LogP contribution is -2.24. The van der Waals surface area contributed by atoms with E-state index in [1.165, 1.54) is 24.3 Å². The molecule has 2 aromatic rings. The summed E-state index contributed by atoms with van der Waals surface area (Å²) in [5, 5.41) is 3.46. The van der Waals surface area contributed by atoms with E-state index >= 15 is 0 Å². The fraction of sp³-hybridized carbons (Fsp3) is 0.278. The van der Waals surface area contributed by atoms with Crippen LogP contribution in [0.2, 0.25) is 5.02 Å². The van der Waals surface area contributed by atoms with Gasteiger partial charge < -0.3 is 10.1 Å². The maximum atomic E-state index is 12.2. The lowest BCUT2D eigenvalue weighted by atomic mass is 10.1. The first-order valence-electron chi connectivity index (χ1n) is 7.70. The standard InChI is InChI=1S/C18H15ClF3NO2/c19-16-4-2-1-3-13(16)14-9-15(14)17(24)23-10-11-5-7-12(8-6-11)25-18(20,21)22/h1-8,14-15H,9-10H2,(H,23,24). The third-order valence-corrected chi connectivity index (χ3v) is 4.40. The van der Waals surface area contributed by atoms with Crippen molar-refractivity contribution in [2.24, 2.45) is 5.92 Å². The molecule has 3 nitrogen and oxygen atoms in total. The number of carbonyl (C=O) groups is 1. The van der Waals surface area contributed by atoms with E-state index in [0.717, 1.165) is 12.0 Å². The van der Waals surface area contributed by atoms with Gasteiger partial charge in [0.15, 0.2) is 0 Å². The van der Waals surface area contributed by atoms with Gasteiger partial charge in [-0.3, -0.25) is 4.79 Å². The molecule has 25 heavy (non-hydrogen) atoms. The summed E-state index contributed by atoms with van der Waals surface area (Å²) in [6, 6.07) is 12.9. The van der Waals surface area contributed by atoms with Crippen LogP contribution in [-0.4, -0.2) is 12.3 Å². The van der Waals surface area contributed by atoms with Crippen LogP contribution in [0.25, 0.3) is 0 Å². The van der Waals surface area contributed by atoms with Crippen molar-refractivity contribution in [2.45, 2.75) is 25.2 Å². The van der Waals surface area contributed by atoms with E-state index < -0.39 is 6.36 Å². The van der Waals surface area contributed by atoms with E-state index in [1.54, 1.807) is 6.07 Å². The van der Waals surface area contributed by atoms with Crippen LogP contribution in [0.5, 0.6) is 5.75 Å². The Kier molecular flexibility index (Phi) is 4.90. The van der Waals surface area contributed by atoms with Gasteiger partial charge in [0.05, 0.1) is 0 Å². The zero-order chi connectivity index (χ0) is 18.0. The van der Waals surface area contributed by atoms with Crippen LogP contribution in [0.1, 0.15) is 23.5 Å². The van der Waals surface area contributed by atoms with Crippen LogP contribution < -0.4 is 10.1 Å². The lowest BCUT2D eigenvalue weighted by molar-refractivity contribution is -0.274. The second kappa shape index (κ2) is 6.96. The van der Waals surface area contributed by atoms with Gasteiger partial charge in [-0.2, -0.15) is 0 Å². The third kappa shape index (κ3) is 4.66. The molecule has 0 saturated heterocycles. The lowest BCUT2D eigenvalue weighted by Gasteiger charge is -2.10. The van der Waals surface area contributed by atoms with Gasteiger partial charge in [0.25, 0.3) is 0 Å². The zero-order valence-electron chi connectivity index (χ0n) is 13.0. The Labute approximate surface area is 147 Å². The number of alkyl halides is 3. The Morgan fingerprint density at radius 2 is 1.84 bits per heavy atom. The SMILES string of the molecule is O=C(NCc1ccc(OC(F)(F)F)cc1)C1CC1c1ccccc1Cl. The maximum Gasteiger partial charge on any atom is 0.573 e. The van der Waals surface area contributed by atoms with Gasteiger partial charge in [0, 0.05) is 17.5 Å². The highest BCUT2D eigenvalue weighted by atomic mass is 35.5. The second-order valence-corrected chi connectivity index (χ2v) is 6.29. The number of carbonyl (C=O) groups excluding carboxylic acids is 1. The maximum absolute atomic E-state index is 12.2. The van der Waals surface area contributed by atoms with E-state index in [9.17, 15) is 18.0 Å². The number of halogens is 4.